The molecule has 0 bridgehead atoms. The van der Waals surface area contributed by atoms with Crippen LogP contribution in [0.15, 0.2) is 64.1 Å². The van der Waals surface area contributed by atoms with Crippen LogP contribution in [0, 0.1) is 5.92 Å². The Morgan fingerprint density at radius 2 is 1.88 bits per heavy atom. The number of anilines is 1. The van der Waals surface area contributed by atoms with Crippen LogP contribution in [0.2, 0.25) is 0 Å². The maximum absolute atomic E-state index is 12.1. The van der Waals surface area contributed by atoms with Crippen molar-refractivity contribution in [3.05, 3.63) is 64.9 Å². The number of halogens is 1. The van der Waals surface area contributed by atoms with Crippen LogP contribution in [0.1, 0.15) is 31.4 Å². The standard InChI is InChI=1S/C24H25BrN4O2S/c1-2-15-14-29(17-8-6-16(25)7-9-17)13-11-18(15)23-24-20(10-12-27-23)19-4-3-5-21(22(19)28-24)32(26,30)31/h3-10,12,15,18,28H,2,11,13-14H2,1H3,(H2,26,30,31). The van der Waals surface area contributed by atoms with Gasteiger partial charge in [0.05, 0.1) is 16.7 Å². The van der Waals surface area contributed by atoms with Crippen LogP contribution >= 0.6 is 15.9 Å². The largest absolute Gasteiger partial charge is 0.371 e. The predicted octanol–water partition coefficient (Wildman–Crippen LogP) is 5.15. The summed E-state index contributed by atoms with van der Waals surface area (Å²) < 4.78 is 25.3. The lowest BCUT2D eigenvalue weighted by atomic mass is 9.80. The maximum atomic E-state index is 12.1. The number of pyridine rings is 1. The van der Waals surface area contributed by atoms with Crippen LogP contribution < -0.4 is 10.0 Å². The molecule has 2 atom stereocenters. The number of para-hydroxylation sites is 1. The Labute approximate surface area is 196 Å². The zero-order valence-corrected chi connectivity index (χ0v) is 20.2. The van der Waals surface area contributed by atoms with Crippen molar-refractivity contribution in [1.29, 1.82) is 0 Å². The summed E-state index contributed by atoms with van der Waals surface area (Å²) in [7, 11) is -3.83. The number of benzene rings is 2. The number of rotatable bonds is 4. The van der Waals surface area contributed by atoms with Crippen LogP contribution in [0.5, 0.6) is 0 Å². The second-order valence-corrected chi connectivity index (χ2v) is 10.9. The fourth-order valence-corrected chi connectivity index (χ4v) is 6.03. The van der Waals surface area contributed by atoms with Gasteiger partial charge in [0.15, 0.2) is 0 Å². The Morgan fingerprint density at radius 1 is 1.12 bits per heavy atom. The Balaban J connectivity index is 1.56. The highest BCUT2D eigenvalue weighted by Gasteiger charge is 2.32. The highest BCUT2D eigenvalue weighted by atomic mass is 79.9. The van der Waals surface area contributed by atoms with Crippen molar-refractivity contribution in [1.82, 2.24) is 9.97 Å². The SMILES string of the molecule is CCC1CN(c2ccc(Br)cc2)CCC1c1nccc2c1[nH]c1c(S(N)(=O)=O)cccc12. The van der Waals surface area contributed by atoms with Crippen molar-refractivity contribution in [3.63, 3.8) is 0 Å². The zero-order valence-electron chi connectivity index (χ0n) is 17.8. The molecule has 3 heterocycles. The number of H-pyrrole nitrogens is 1. The summed E-state index contributed by atoms with van der Waals surface area (Å²) in [5.41, 5.74) is 3.72. The van der Waals surface area contributed by atoms with Gasteiger partial charge in [0.25, 0.3) is 0 Å². The molecule has 3 N–H and O–H groups in total. The van der Waals surface area contributed by atoms with E-state index in [1.807, 2.05) is 18.3 Å². The minimum Gasteiger partial charge on any atom is -0.371 e. The summed E-state index contributed by atoms with van der Waals surface area (Å²) in [4.78, 5) is 10.7. The molecule has 0 saturated carbocycles. The van der Waals surface area contributed by atoms with E-state index in [0.717, 1.165) is 52.4 Å². The van der Waals surface area contributed by atoms with Crippen LogP contribution in [0.4, 0.5) is 5.69 Å². The first-order valence-corrected chi connectivity index (χ1v) is 13.1. The van der Waals surface area contributed by atoms with E-state index in [1.54, 1.807) is 12.1 Å². The summed E-state index contributed by atoms with van der Waals surface area (Å²) >= 11 is 3.51. The molecule has 1 aliphatic heterocycles. The van der Waals surface area contributed by atoms with Crippen LogP contribution in [0.25, 0.3) is 21.8 Å². The number of nitrogens with zero attached hydrogens (tertiary/aromatic N) is 2. The lowest BCUT2D eigenvalue weighted by Gasteiger charge is -2.39. The molecule has 1 fully saturated rings. The Bertz CT molecular complexity index is 1400. The van der Waals surface area contributed by atoms with E-state index in [4.69, 9.17) is 10.1 Å². The number of nitrogens with one attached hydrogen (secondary N) is 1. The molecule has 0 amide bonds. The molecule has 1 aliphatic rings. The Kier molecular flexibility index (Phi) is 5.47. The number of nitrogens with two attached hydrogens (primary N) is 1. The summed E-state index contributed by atoms with van der Waals surface area (Å²) in [6, 6.07) is 15.6. The van der Waals surface area contributed by atoms with E-state index in [0.29, 0.717) is 17.4 Å². The second-order valence-electron chi connectivity index (χ2n) is 8.45. The molecule has 2 aromatic carbocycles. The number of aromatic amines is 1. The second kappa shape index (κ2) is 8.17. The highest BCUT2D eigenvalue weighted by molar-refractivity contribution is 9.10. The first kappa shape index (κ1) is 21.4. The minimum atomic E-state index is -3.83. The molecule has 6 nitrogen and oxygen atoms in total. The quantitative estimate of drug-likeness (QED) is 0.395. The van der Waals surface area contributed by atoms with E-state index in [1.165, 1.54) is 5.69 Å². The van der Waals surface area contributed by atoms with Crippen LogP contribution in [0.3, 0.4) is 0 Å². The topological polar surface area (TPSA) is 92.1 Å². The van der Waals surface area contributed by atoms with Gasteiger partial charge in [-0.3, -0.25) is 4.98 Å². The molecule has 0 aliphatic carbocycles. The molecule has 0 spiro atoms. The third-order valence-electron chi connectivity index (χ3n) is 6.65. The van der Waals surface area contributed by atoms with Crippen molar-refractivity contribution >= 4 is 53.4 Å². The van der Waals surface area contributed by atoms with E-state index >= 15 is 0 Å². The maximum Gasteiger partial charge on any atom is 0.240 e. The third-order valence-corrected chi connectivity index (χ3v) is 8.14. The molecule has 166 valence electrons. The van der Waals surface area contributed by atoms with Crippen molar-refractivity contribution in [2.75, 3.05) is 18.0 Å². The molecule has 2 unspecified atom stereocenters. The van der Waals surface area contributed by atoms with Gasteiger partial charge in [0.2, 0.25) is 10.0 Å². The molecular formula is C24H25BrN4O2S. The molecule has 32 heavy (non-hydrogen) atoms. The molecule has 1 saturated heterocycles. The monoisotopic (exact) mass is 512 g/mol. The van der Waals surface area contributed by atoms with Crippen LogP contribution in [-0.2, 0) is 10.0 Å². The number of hydrogen-bond acceptors (Lipinski definition) is 4. The fourth-order valence-electron chi connectivity index (χ4n) is 5.05. The normalized spacial score (nSPS) is 19.7. The van der Waals surface area contributed by atoms with Crippen molar-refractivity contribution < 1.29 is 8.42 Å². The number of sulfonamides is 1. The van der Waals surface area contributed by atoms with Crippen molar-refractivity contribution in [3.8, 4) is 0 Å². The van der Waals surface area contributed by atoms with E-state index in [2.05, 4.69) is 57.0 Å². The number of aromatic nitrogens is 2. The average molecular weight is 513 g/mol. The smallest absolute Gasteiger partial charge is 0.240 e. The zero-order chi connectivity index (χ0) is 22.5. The first-order chi connectivity index (χ1) is 15.4. The Hall–Kier alpha value is -2.42. The van der Waals surface area contributed by atoms with E-state index < -0.39 is 10.0 Å². The van der Waals surface area contributed by atoms with Gasteiger partial charge in [-0.05, 0) is 48.7 Å². The average Bonchev–Trinajstić information content (AvgIpc) is 3.17. The van der Waals surface area contributed by atoms with Gasteiger partial charge >= 0.3 is 0 Å². The third kappa shape index (κ3) is 3.70. The summed E-state index contributed by atoms with van der Waals surface area (Å²) in [5, 5.41) is 7.32. The van der Waals surface area contributed by atoms with Gasteiger partial charge in [-0.1, -0.05) is 41.4 Å². The molecular weight excluding hydrogens is 488 g/mol. The minimum absolute atomic E-state index is 0.120. The first-order valence-electron chi connectivity index (χ1n) is 10.8. The molecule has 0 radical (unpaired) electrons. The summed E-state index contributed by atoms with van der Waals surface area (Å²) in [6.07, 6.45) is 3.86. The molecule has 8 heteroatoms. The lowest BCUT2D eigenvalue weighted by Crippen LogP contribution is -2.39. The van der Waals surface area contributed by atoms with Gasteiger partial charge in [-0.2, -0.15) is 0 Å². The summed E-state index contributed by atoms with van der Waals surface area (Å²) in [6.45, 7) is 4.14. The van der Waals surface area contributed by atoms with Gasteiger partial charge in [0, 0.05) is 46.1 Å². The number of fused-ring (bicyclic) bond motifs is 3. The lowest BCUT2D eigenvalue weighted by molar-refractivity contribution is 0.344. The van der Waals surface area contributed by atoms with E-state index in [9.17, 15) is 8.42 Å². The van der Waals surface area contributed by atoms with Gasteiger partial charge in [-0.15, -0.1) is 0 Å². The predicted molar refractivity (Wildman–Crippen MR) is 132 cm³/mol. The van der Waals surface area contributed by atoms with Crippen molar-refractivity contribution in [2.24, 2.45) is 11.1 Å². The Morgan fingerprint density at radius 3 is 2.59 bits per heavy atom. The number of primary sulfonamides is 1. The van der Waals surface area contributed by atoms with Crippen LogP contribution in [-0.4, -0.2) is 31.5 Å². The van der Waals surface area contributed by atoms with Crippen molar-refractivity contribution in [2.45, 2.75) is 30.6 Å². The molecule has 5 rings (SSSR count). The van der Waals surface area contributed by atoms with E-state index in [-0.39, 0.29) is 4.90 Å². The number of piperidine rings is 1. The van der Waals surface area contributed by atoms with Gasteiger partial charge in [0.1, 0.15) is 4.90 Å². The summed E-state index contributed by atoms with van der Waals surface area (Å²) in [5.74, 6) is 0.732. The number of hydrogen-bond donors (Lipinski definition) is 2. The van der Waals surface area contributed by atoms with Gasteiger partial charge < -0.3 is 9.88 Å². The van der Waals surface area contributed by atoms with Gasteiger partial charge in [-0.25, -0.2) is 13.6 Å². The fraction of sp³-hybridized carbons (Fsp3) is 0.292. The molecule has 4 aromatic rings. The molecule has 2 aromatic heterocycles. The highest BCUT2D eigenvalue weighted by Crippen LogP contribution is 2.40.